The summed E-state index contributed by atoms with van der Waals surface area (Å²) >= 11 is 0. The maximum atomic E-state index is 3.61. The van der Waals surface area contributed by atoms with Gasteiger partial charge < -0.3 is 5.32 Å². The molecule has 1 atom stereocenters. The molecule has 0 saturated heterocycles. The van der Waals surface area contributed by atoms with Gasteiger partial charge in [-0.1, -0.05) is 68.4 Å². The summed E-state index contributed by atoms with van der Waals surface area (Å²) in [5.74, 6) is 1.11. The molecule has 0 fully saturated rings. The Labute approximate surface area is 123 Å². The third-order valence-electron chi connectivity index (χ3n) is 3.67. The van der Waals surface area contributed by atoms with E-state index in [-0.39, 0.29) is 0 Å². The van der Waals surface area contributed by atoms with Crippen LogP contribution in [0.15, 0.2) is 54.6 Å². The van der Waals surface area contributed by atoms with E-state index in [0.29, 0.717) is 11.8 Å². The van der Waals surface area contributed by atoms with E-state index in [0.717, 1.165) is 13.1 Å². The van der Waals surface area contributed by atoms with Crippen LogP contribution in [0.4, 0.5) is 0 Å². The molecule has 2 rings (SSSR count). The molecule has 1 nitrogen and oxygen atoms in total. The lowest BCUT2D eigenvalue weighted by Crippen LogP contribution is -2.26. The van der Waals surface area contributed by atoms with E-state index < -0.39 is 0 Å². The summed E-state index contributed by atoms with van der Waals surface area (Å²) in [7, 11) is 0. The van der Waals surface area contributed by atoms with Crippen LogP contribution in [0, 0.1) is 12.8 Å². The molecule has 0 bridgehead atoms. The van der Waals surface area contributed by atoms with Crippen molar-refractivity contribution in [2.45, 2.75) is 26.7 Å². The molecule has 0 aliphatic carbocycles. The fourth-order valence-corrected chi connectivity index (χ4v) is 2.59. The van der Waals surface area contributed by atoms with Crippen LogP contribution in [0.25, 0.3) is 0 Å². The highest BCUT2D eigenvalue weighted by Crippen LogP contribution is 2.26. The zero-order chi connectivity index (χ0) is 14.4. The number of rotatable bonds is 6. The zero-order valence-corrected chi connectivity index (χ0v) is 12.8. The maximum absolute atomic E-state index is 3.61. The summed E-state index contributed by atoms with van der Waals surface area (Å²) in [5, 5.41) is 3.61. The summed E-state index contributed by atoms with van der Waals surface area (Å²) in [4.78, 5) is 0. The van der Waals surface area contributed by atoms with Gasteiger partial charge in [0, 0.05) is 12.5 Å². The van der Waals surface area contributed by atoms with Gasteiger partial charge in [-0.05, 0) is 36.1 Å². The van der Waals surface area contributed by atoms with Crippen LogP contribution in [0.1, 0.15) is 36.5 Å². The number of aryl methyl sites for hydroxylation is 1. The molecule has 1 N–H and O–H groups in total. The van der Waals surface area contributed by atoms with Gasteiger partial charge in [-0.2, -0.15) is 0 Å². The molecule has 1 unspecified atom stereocenters. The minimum atomic E-state index is 0.427. The van der Waals surface area contributed by atoms with Gasteiger partial charge in [0.25, 0.3) is 0 Å². The molecule has 20 heavy (non-hydrogen) atoms. The molecule has 0 spiro atoms. The van der Waals surface area contributed by atoms with E-state index in [2.05, 4.69) is 80.7 Å². The highest BCUT2D eigenvalue weighted by Gasteiger charge is 2.15. The normalized spacial score (nSPS) is 12.6. The summed E-state index contributed by atoms with van der Waals surface area (Å²) in [6.07, 6.45) is 0. The van der Waals surface area contributed by atoms with Gasteiger partial charge in [0.2, 0.25) is 0 Å². The molecular weight excluding hydrogens is 242 g/mol. The predicted molar refractivity (Wildman–Crippen MR) is 87.2 cm³/mol. The largest absolute Gasteiger partial charge is 0.316 e. The monoisotopic (exact) mass is 267 g/mol. The standard InChI is InChI=1S/C19H25N/c1-15(2)13-20-14-19(17-10-5-4-6-11-17)18-12-8-7-9-16(18)3/h4-12,15,19-20H,13-14H2,1-3H3. The molecule has 0 saturated carbocycles. The summed E-state index contributed by atoms with van der Waals surface area (Å²) < 4.78 is 0. The fraction of sp³-hybridized carbons (Fsp3) is 0.368. The van der Waals surface area contributed by atoms with Gasteiger partial charge in [0.1, 0.15) is 0 Å². The molecule has 0 aliphatic heterocycles. The Bertz CT molecular complexity index is 516. The van der Waals surface area contributed by atoms with Gasteiger partial charge >= 0.3 is 0 Å². The number of hydrogen-bond donors (Lipinski definition) is 1. The fourth-order valence-electron chi connectivity index (χ4n) is 2.59. The first-order valence-corrected chi connectivity index (χ1v) is 7.49. The highest BCUT2D eigenvalue weighted by atomic mass is 14.9. The molecule has 0 aliphatic rings. The summed E-state index contributed by atoms with van der Waals surface area (Å²) in [6, 6.07) is 19.5. The Hall–Kier alpha value is -1.60. The van der Waals surface area contributed by atoms with E-state index in [1.165, 1.54) is 16.7 Å². The Kier molecular flexibility index (Phi) is 5.37. The van der Waals surface area contributed by atoms with Gasteiger partial charge in [0.15, 0.2) is 0 Å². The topological polar surface area (TPSA) is 12.0 Å². The number of hydrogen-bond acceptors (Lipinski definition) is 1. The van der Waals surface area contributed by atoms with Crippen molar-refractivity contribution < 1.29 is 0 Å². The lowest BCUT2D eigenvalue weighted by molar-refractivity contribution is 0.536. The van der Waals surface area contributed by atoms with Crippen LogP contribution in [0.2, 0.25) is 0 Å². The van der Waals surface area contributed by atoms with Gasteiger partial charge in [-0.25, -0.2) is 0 Å². The second kappa shape index (κ2) is 7.25. The molecule has 2 aromatic rings. The van der Waals surface area contributed by atoms with Crippen LogP contribution in [-0.4, -0.2) is 13.1 Å². The van der Waals surface area contributed by atoms with Crippen molar-refractivity contribution in [1.29, 1.82) is 0 Å². The molecule has 2 aromatic carbocycles. The molecule has 106 valence electrons. The van der Waals surface area contributed by atoms with E-state index in [1.807, 2.05) is 0 Å². The van der Waals surface area contributed by atoms with Crippen LogP contribution in [0.5, 0.6) is 0 Å². The van der Waals surface area contributed by atoms with Crippen molar-refractivity contribution in [3.8, 4) is 0 Å². The van der Waals surface area contributed by atoms with Crippen molar-refractivity contribution >= 4 is 0 Å². The Morgan fingerprint density at radius 1 is 0.850 bits per heavy atom. The van der Waals surface area contributed by atoms with Crippen LogP contribution >= 0.6 is 0 Å². The third kappa shape index (κ3) is 3.94. The minimum Gasteiger partial charge on any atom is -0.316 e. The zero-order valence-electron chi connectivity index (χ0n) is 12.8. The Morgan fingerprint density at radius 2 is 1.50 bits per heavy atom. The smallest absolute Gasteiger partial charge is 0.0217 e. The molecule has 0 heterocycles. The lowest BCUT2D eigenvalue weighted by Gasteiger charge is -2.21. The van der Waals surface area contributed by atoms with Crippen molar-refractivity contribution in [2.75, 3.05) is 13.1 Å². The van der Waals surface area contributed by atoms with Gasteiger partial charge in [0.05, 0.1) is 0 Å². The molecule has 0 amide bonds. The predicted octanol–water partition coefficient (Wildman–Crippen LogP) is 4.37. The van der Waals surface area contributed by atoms with Crippen LogP contribution < -0.4 is 5.32 Å². The van der Waals surface area contributed by atoms with E-state index in [1.54, 1.807) is 0 Å². The van der Waals surface area contributed by atoms with E-state index in [9.17, 15) is 0 Å². The van der Waals surface area contributed by atoms with Crippen molar-refractivity contribution in [2.24, 2.45) is 5.92 Å². The quantitative estimate of drug-likeness (QED) is 0.819. The number of nitrogens with one attached hydrogen (secondary N) is 1. The molecule has 0 radical (unpaired) electrons. The van der Waals surface area contributed by atoms with Crippen molar-refractivity contribution in [1.82, 2.24) is 5.32 Å². The van der Waals surface area contributed by atoms with E-state index in [4.69, 9.17) is 0 Å². The third-order valence-corrected chi connectivity index (χ3v) is 3.67. The second-order valence-corrected chi connectivity index (χ2v) is 5.87. The second-order valence-electron chi connectivity index (χ2n) is 5.87. The molecule has 0 aromatic heterocycles. The maximum Gasteiger partial charge on any atom is 0.0217 e. The first-order valence-electron chi connectivity index (χ1n) is 7.49. The summed E-state index contributed by atoms with van der Waals surface area (Å²) in [6.45, 7) is 8.76. The first-order chi connectivity index (χ1) is 9.68. The minimum absolute atomic E-state index is 0.427. The Balaban J connectivity index is 2.23. The van der Waals surface area contributed by atoms with Gasteiger partial charge in [-0.15, -0.1) is 0 Å². The average molecular weight is 267 g/mol. The van der Waals surface area contributed by atoms with E-state index >= 15 is 0 Å². The number of benzene rings is 2. The molecule has 1 heteroatoms. The van der Waals surface area contributed by atoms with Crippen LogP contribution in [0.3, 0.4) is 0 Å². The van der Waals surface area contributed by atoms with Crippen molar-refractivity contribution in [3.05, 3.63) is 71.3 Å². The van der Waals surface area contributed by atoms with Crippen LogP contribution in [-0.2, 0) is 0 Å². The van der Waals surface area contributed by atoms with Crippen molar-refractivity contribution in [3.63, 3.8) is 0 Å². The summed E-state index contributed by atoms with van der Waals surface area (Å²) in [5.41, 5.74) is 4.18. The lowest BCUT2D eigenvalue weighted by atomic mass is 9.88. The molecular formula is C19H25N. The average Bonchev–Trinajstić information content (AvgIpc) is 2.45. The Morgan fingerprint density at radius 3 is 2.15 bits per heavy atom. The highest BCUT2D eigenvalue weighted by molar-refractivity contribution is 5.37. The first kappa shape index (κ1) is 14.8. The SMILES string of the molecule is Cc1ccccc1C(CNCC(C)C)c1ccccc1. The van der Waals surface area contributed by atoms with Gasteiger partial charge in [-0.3, -0.25) is 0 Å².